The fourth-order valence-corrected chi connectivity index (χ4v) is 2.79. The number of rotatable bonds is 1. The molecule has 0 saturated heterocycles. The van der Waals surface area contributed by atoms with Crippen molar-refractivity contribution >= 4 is 5.71 Å². The van der Waals surface area contributed by atoms with Crippen LogP contribution in [0.3, 0.4) is 0 Å². The van der Waals surface area contributed by atoms with E-state index in [9.17, 15) is 0 Å². The molecule has 1 aromatic rings. The third-order valence-corrected chi connectivity index (χ3v) is 3.73. The molecular formula is C15H17N. The molecule has 1 heterocycles. The molecular weight excluding hydrogens is 194 g/mol. The van der Waals surface area contributed by atoms with Gasteiger partial charge in [-0.2, -0.15) is 0 Å². The van der Waals surface area contributed by atoms with Gasteiger partial charge in [0.25, 0.3) is 0 Å². The molecule has 16 heavy (non-hydrogen) atoms. The highest BCUT2D eigenvalue weighted by Crippen LogP contribution is 2.39. The van der Waals surface area contributed by atoms with Crippen molar-refractivity contribution in [3.05, 3.63) is 48.0 Å². The van der Waals surface area contributed by atoms with Crippen molar-refractivity contribution in [2.24, 2.45) is 10.4 Å². The van der Waals surface area contributed by atoms with Crippen molar-refractivity contribution in [1.82, 2.24) is 0 Å². The van der Waals surface area contributed by atoms with Gasteiger partial charge in [0.05, 0.1) is 0 Å². The molecule has 0 unspecified atom stereocenters. The predicted octanol–water partition coefficient (Wildman–Crippen LogP) is 3.61. The number of nitrogens with zero attached hydrogens (tertiary/aromatic N) is 1. The Hall–Kier alpha value is -1.37. The Kier molecular flexibility index (Phi) is 2.39. The van der Waals surface area contributed by atoms with Crippen LogP contribution in [0.15, 0.2) is 47.5 Å². The standard InChI is InChI=1S/C15H17N/c1-3-7-13(8-4-1)14-11-15(12-16-14)9-5-2-6-10-15/h1,3-5,7-9H,2,6,10-12H2/t15-/m1/s1. The molecule has 1 aliphatic carbocycles. The van der Waals surface area contributed by atoms with E-state index in [1.807, 2.05) is 0 Å². The maximum atomic E-state index is 4.75. The van der Waals surface area contributed by atoms with Crippen LogP contribution in [-0.4, -0.2) is 12.3 Å². The van der Waals surface area contributed by atoms with Crippen LogP contribution in [0.1, 0.15) is 31.2 Å². The topological polar surface area (TPSA) is 12.4 Å². The van der Waals surface area contributed by atoms with Gasteiger partial charge >= 0.3 is 0 Å². The molecule has 2 aliphatic rings. The van der Waals surface area contributed by atoms with Crippen LogP contribution in [0.5, 0.6) is 0 Å². The Labute approximate surface area is 96.9 Å². The van der Waals surface area contributed by atoms with Gasteiger partial charge in [-0.1, -0.05) is 42.5 Å². The Balaban J connectivity index is 1.82. The van der Waals surface area contributed by atoms with Gasteiger partial charge in [-0.3, -0.25) is 4.99 Å². The normalized spacial score (nSPS) is 28.4. The van der Waals surface area contributed by atoms with Gasteiger partial charge in [0.1, 0.15) is 0 Å². The van der Waals surface area contributed by atoms with Crippen molar-refractivity contribution in [2.45, 2.75) is 25.7 Å². The summed E-state index contributed by atoms with van der Waals surface area (Å²) in [5.41, 5.74) is 2.97. The summed E-state index contributed by atoms with van der Waals surface area (Å²) < 4.78 is 0. The molecule has 1 nitrogen and oxygen atoms in total. The predicted molar refractivity (Wildman–Crippen MR) is 67.9 cm³/mol. The van der Waals surface area contributed by atoms with E-state index in [0.717, 1.165) is 13.0 Å². The molecule has 3 rings (SSSR count). The van der Waals surface area contributed by atoms with Crippen molar-refractivity contribution in [3.63, 3.8) is 0 Å². The summed E-state index contributed by atoms with van der Waals surface area (Å²) in [6.45, 7) is 0.994. The first-order valence-corrected chi connectivity index (χ1v) is 6.14. The molecule has 1 heteroatoms. The van der Waals surface area contributed by atoms with Crippen LogP contribution >= 0.6 is 0 Å². The van der Waals surface area contributed by atoms with Gasteiger partial charge in [0, 0.05) is 24.1 Å². The van der Waals surface area contributed by atoms with Crippen LogP contribution < -0.4 is 0 Å². The van der Waals surface area contributed by atoms with Gasteiger partial charge in [-0.25, -0.2) is 0 Å². The van der Waals surface area contributed by atoms with Gasteiger partial charge in [-0.15, -0.1) is 0 Å². The van der Waals surface area contributed by atoms with E-state index in [1.54, 1.807) is 0 Å². The molecule has 1 atom stereocenters. The largest absolute Gasteiger partial charge is 0.288 e. The highest BCUT2D eigenvalue weighted by Gasteiger charge is 2.34. The Morgan fingerprint density at radius 2 is 2.00 bits per heavy atom. The molecule has 1 aliphatic heterocycles. The third kappa shape index (κ3) is 1.71. The zero-order valence-corrected chi connectivity index (χ0v) is 9.52. The minimum absolute atomic E-state index is 0.365. The average molecular weight is 211 g/mol. The van der Waals surface area contributed by atoms with Gasteiger partial charge in [0.2, 0.25) is 0 Å². The molecule has 0 aromatic heterocycles. The zero-order chi connectivity index (χ0) is 10.8. The third-order valence-electron chi connectivity index (χ3n) is 3.73. The van der Waals surface area contributed by atoms with Gasteiger partial charge in [-0.05, 0) is 24.8 Å². The van der Waals surface area contributed by atoms with E-state index in [4.69, 9.17) is 4.99 Å². The quantitative estimate of drug-likeness (QED) is 0.629. The number of benzene rings is 1. The Bertz CT molecular complexity index is 430. The summed E-state index contributed by atoms with van der Waals surface area (Å²) >= 11 is 0. The van der Waals surface area contributed by atoms with E-state index in [2.05, 4.69) is 42.5 Å². The summed E-state index contributed by atoms with van der Waals surface area (Å²) in [6, 6.07) is 10.6. The van der Waals surface area contributed by atoms with Crippen LogP contribution in [0.4, 0.5) is 0 Å². The number of hydrogen-bond acceptors (Lipinski definition) is 1. The molecule has 0 fully saturated rings. The molecule has 0 bridgehead atoms. The lowest BCUT2D eigenvalue weighted by Crippen LogP contribution is -2.21. The first kappa shape index (κ1) is 9.83. The minimum Gasteiger partial charge on any atom is -0.288 e. The maximum Gasteiger partial charge on any atom is 0.0487 e. The van der Waals surface area contributed by atoms with Gasteiger partial charge < -0.3 is 0 Å². The fraction of sp³-hybridized carbons (Fsp3) is 0.400. The molecule has 1 aromatic carbocycles. The second kappa shape index (κ2) is 3.89. The van der Waals surface area contributed by atoms with Crippen molar-refractivity contribution in [3.8, 4) is 0 Å². The van der Waals surface area contributed by atoms with Crippen molar-refractivity contribution in [1.29, 1.82) is 0 Å². The number of allylic oxidation sites excluding steroid dienone is 1. The highest BCUT2D eigenvalue weighted by atomic mass is 14.8. The molecule has 0 N–H and O–H groups in total. The number of hydrogen-bond donors (Lipinski definition) is 0. The summed E-state index contributed by atoms with van der Waals surface area (Å²) in [5, 5.41) is 0. The maximum absolute atomic E-state index is 4.75. The summed E-state index contributed by atoms with van der Waals surface area (Å²) in [5.74, 6) is 0. The van der Waals surface area contributed by atoms with Crippen molar-refractivity contribution in [2.75, 3.05) is 6.54 Å². The lowest BCUT2D eigenvalue weighted by Gasteiger charge is -2.27. The highest BCUT2D eigenvalue weighted by molar-refractivity contribution is 6.02. The monoisotopic (exact) mass is 211 g/mol. The molecule has 1 spiro atoms. The van der Waals surface area contributed by atoms with Crippen LogP contribution in [0.25, 0.3) is 0 Å². The molecule has 0 radical (unpaired) electrons. The van der Waals surface area contributed by atoms with E-state index in [-0.39, 0.29) is 0 Å². The van der Waals surface area contributed by atoms with E-state index >= 15 is 0 Å². The molecule has 82 valence electrons. The zero-order valence-electron chi connectivity index (χ0n) is 9.52. The smallest absolute Gasteiger partial charge is 0.0487 e. The first-order valence-electron chi connectivity index (χ1n) is 6.14. The summed E-state index contributed by atoms with van der Waals surface area (Å²) in [6.07, 6.45) is 9.77. The van der Waals surface area contributed by atoms with Crippen LogP contribution in [-0.2, 0) is 0 Å². The van der Waals surface area contributed by atoms with E-state index in [1.165, 1.54) is 30.5 Å². The minimum atomic E-state index is 0.365. The van der Waals surface area contributed by atoms with E-state index < -0.39 is 0 Å². The Morgan fingerprint density at radius 3 is 2.75 bits per heavy atom. The SMILES string of the molecule is C1=C[C@]2(CCC1)CN=C(c1ccccc1)C2. The first-order chi connectivity index (χ1) is 7.88. The lowest BCUT2D eigenvalue weighted by molar-refractivity contribution is 0.372. The molecule has 0 saturated carbocycles. The van der Waals surface area contributed by atoms with E-state index in [0.29, 0.717) is 5.41 Å². The number of aliphatic imine (C=N–C) groups is 1. The summed E-state index contributed by atoms with van der Waals surface area (Å²) in [4.78, 5) is 4.75. The Morgan fingerprint density at radius 1 is 1.12 bits per heavy atom. The summed E-state index contributed by atoms with van der Waals surface area (Å²) in [7, 11) is 0. The molecule has 0 amide bonds. The van der Waals surface area contributed by atoms with Crippen LogP contribution in [0.2, 0.25) is 0 Å². The lowest BCUT2D eigenvalue weighted by atomic mass is 9.76. The van der Waals surface area contributed by atoms with Crippen LogP contribution in [0, 0.1) is 5.41 Å². The fourth-order valence-electron chi connectivity index (χ4n) is 2.79. The average Bonchev–Trinajstić information content (AvgIpc) is 2.75. The van der Waals surface area contributed by atoms with Crippen molar-refractivity contribution < 1.29 is 0 Å². The van der Waals surface area contributed by atoms with Gasteiger partial charge in [0.15, 0.2) is 0 Å². The second-order valence-corrected chi connectivity index (χ2v) is 4.96. The second-order valence-electron chi connectivity index (χ2n) is 4.96.